The van der Waals surface area contributed by atoms with Gasteiger partial charge in [-0.2, -0.15) is 5.10 Å². The average Bonchev–Trinajstić information content (AvgIpc) is 2.80. The standard InChI is InChI=1S/C23H20Cl2N2O4/c1-29-18-10-17(11-19(12-18)30-2)23(28)27-26-13-16-5-3-4-6-22(16)31-14-15-7-8-20(24)21(25)9-15/h3-13H,14H2,1-2H3,(H,27,28)/b26-13-. The lowest BCUT2D eigenvalue weighted by atomic mass is 10.2. The first kappa shape index (κ1) is 22.5. The van der Waals surface area contributed by atoms with Gasteiger partial charge in [0.2, 0.25) is 0 Å². The van der Waals surface area contributed by atoms with E-state index >= 15 is 0 Å². The molecule has 0 spiro atoms. The molecule has 0 aliphatic carbocycles. The first-order chi connectivity index (χ1) is 15.0. The molecule has 3 aromatic rings. The molecule has 3 aromatic carbocycles. The summed E-state index contributed by atoms with van der Waals surface area (Å²) >= 11 is 12.0. The maximum absolute atomic E-state index is 12.4. The Morgan fingerprint density at radius 2 is 1.68 bits per heavy atom. The fourth-order valence-corrected chi connectivity index (χ4v) is 2.99. The fraction of sp³-hybridized carbons (Fsp3) is 0.130. The number of methoxy groups -OCH3 is 2. The van der Waals surface area contributed by atoms with Crippen LogP contribution in [0.5, 0.6) is 17.2 Å². The Labute approximate surface area is 190 Å². The number of nitrogens with one attached hydrogen (secondary N) is 1. The van der Waals surface area contributed by atoms with Gasteiger partial charge >= 0.3 is 0 Å². The summed E-state index contributed by atoms with van der Waals surface area (Å²) in [5, 5.41) is 5.00. The molecule has 0 heterocycles. The van der Waals surface area contributed by atoms with Gasteiger partial charge in [0.1, 0.15) is 23.9 Å². The summed E-state index contributed by atoms with van der Waals surface area (Å²) in [4.78, 5) is 12.4. The zero-order valence-electron chi connectivity index (χ0n) is 16.9. The van der Waals surface area contributed by atoms with Crippen LogP contribution in [0.1, 0.15) is 21.5 Å². The van der Waals surface area contributed by atoms with Crippen molar-refractivity contribution in [3.8, 4) is 17.2 Å². The molecule has 8 heteroatoms. The number of benzene rings is 3. The van der Waals surface area contributed by atoms with Crippen LogP contribution in [0.4, 0.5) is 0 Å². The number of carbonyl (C=O) groups is 1. The van der Waals surface area contributed by atoms with Crippen molar-refractivity contribution in [2.24, 2.45) is 5.10 Å². The van der Waals surface area contributed by atoms with Gasteiger partial charge in [0.15, 0.2) is 0 Å². The van der Waals surface area contributed by atoms with Gasteiger partial charge in [-0.15, -0.1) is 0 Å². The predicted octanol–water partition coefficient (Wildman–Crippen LogP) is 5.35. The van der Waals surface area contributed by atoms with Crippen LogP contribution in [-0.4, -0.2) is 26.3 Å². The van der Waals surface area contributed by atoms with E-state index in [9.17, 15) is 4.79 Å². The number of rotatable bonds is 8. The van der Waals surface area contributed by atoms with E-state index in [0.29, 0.717) is 45.0 Å². The lowest BCUT2D eigenvalue weighted by Crippen LogP contribution is -2.17. The quantitative estimate of drug-likeness (QED) is 0.364. The average molecular weight is 459 g/mol. The van der Waals surface area contributed by atoms with Crippen molar-refractivity contribution < 1.29 is 19.0 Å². The number of ether oxygens (including phenoxy) is 3. The molecule has 0 aliphatic rings. The summed E-state index contributed by atoms with van der Waals surface area (Å²) in [5.74, 6) is 1.22. The zero-order valence-corrected chi connectivity index (χ0v) is 18.4. The first-order valence-corrected chi connectivity index (χ1v) is 9.98. The molecule has 0 fully saturated rings. The number of halogens is 2. The van der Waals surface area contributed by atoms with E-state index in [4.69, 9.17) is 37.4 Å². The minimum absolute atomic E-state index is 0.303. The number of nitrogens with zero attached hydrogens (tertiary/aromatic N) is 1. The van der Waals surface area contributed by atoms with Crippen molar-refractivity contribution in [2.75, 3.05) is 14.2 Å². The Balaban J connectivity index is 1.67. The third-order valence-electron chi connectivity index (χ3n) is 4.28. The molecule has 0 atom stereocenters. The summed E-state index contributed by atoms with van der Waals surface area (Å²) in [7, 11) is 3.03. The minimum Gasteiger partial charge on any atom is -0.497 e. The summed E-state index contributed by atoms with van der Waals surface area (Å²) in [5.41, 5.74) is 4.43. The molecule has 31 heavy (non-hydrogen) atoms. The third-order valence-corrected chi connectivity index (χ3v) is 5.02. The van der Waals surface area contributed by atoms with Crippen molar-refractivity contribution in [2.45, 2.75) is 6.61 Å². The molecular weight excluding hydrogens is 439 g/mol. The Kier molecular flexibility index (Phi) is 7.76. The van der Waals surface area contributed by atoms with Crippen molar-refractivity contribution in [3.05, 3.63) is 87.4 Å². The second kappa shape index (κ2) is 10.7. The van der Waals surface area contributed by atoms with Gasteiger partial charge in [0.05, 0.1) is 30.5 Å². The molecule has 1 N–H and O–H groups in total. The van der Waals surface area contributed by atoms with Gasteiger partial charge in [0.25, 0.3) is 5.91 Å². The van der Waals surface area contributed by atoms with E-state index < -0.39 is 5.91 Å². The van der Waals surface area contributed by atoms with E-state index in [0.717, 1.165) is 5.56 Å². The van der Waals surface area contributed by atoms with Crippen LogP contribution >= 0.6 is 23.2 Å². The third kappa shape index (κ3) is 6.13. The number of carbonyl (C=O) groups excluding carboxylic acids is 1. The molecule has 0 saturated heterocycles. The van der Waals surface area contributed by atoms with E-state index in [1.165, 1.54) is 20.4 Å². The van der Waals surface area contributed by atoms with Crippen molar-refractivity contribution in [3.63, 3.8) is 0 Å². The first-order valence-electron chi connectivity index (χ1n) is 9.22. The number of hydrazone groups is 1. The van der Waals surface area contributed by atoms with E-state index in [1.54, 1.807) is 30.3 Å². The summed E-state index contributed by atoms with van der Waals surface area (Å²) in [6.07, 6.45) is 1.51. The van der Waals surface area contributed by atoms with Crippen LogP contribution in [0.25, 0.3) is 0 Å². The monoisotopic (exact) mass is 458 g/mol. The second-order valence-corrected chi connectivity index (χ2v) is 7.19. The van der Waals surface area contributed by atoms with Crippen LogP contribution in [0.2, 0.25) is 10.0 Å². The zero-order chi connectivity index (χ0) is 22.2. The highest BCUT2D eigenvalue weighted by atomic mass is 35.5. The SMILES string of the molecule is COc1cc(OC)cc(C(=O)N/N=C\c2ccccc2OCc2ccc(Cl)c(Cl)c2)c1. The number of hydrogen-bond donors (Lipinski definition) is 1. The van der Waals surface area contributed by atoms with Gasteiger partial charge in [-0.05, 0) is 42.0 Å². The largest absolute Gasteiger partial charge is 0.497 e. The molecule has 6 nitrogen and oxygen atoms in total. The number of hydrogen-bond acceptors (Lipinski definition) is 5. The van der Waals surface area contributed by atoms with Crippen molar-refractivity contribution in [1.82, 2.24) is 5.43 Å². The fourth-order valence-electron chi connectivity index (χ4n) is 2.67. The summed E-state index contributed by atoms with van der Waals surface area (Å²) in [6, 6.07) is 17.5. The number of amides is 1. The second-order valence-electron chi connectivity index (χ2n) is 6.38. The van der Waals surface area contributed by atoms with Gasteiger partial charge < -0.3 is 14.2 Å². The molecule has 0 saturated carbocycles. The van der Waals surface area contributed by atoms with Gasteiger partial charge in [0, 0.05) is 17.2 Å². The molecule has 0 aliphatic heterocycles. The maximum Gasteiger partial charge on any atom is 0.271 e. The Hall–Kier alpha value is -3.22. The van der Waals surface area contributed by atoms with Crippen LogP contribution in [0, 0.1) is 0 Å². The highest BCUT2D eigenvalue weighted by molar-refractivity contribution is 6.42. The molecule has 160 valence electrons. The lowest BCUT2D eigenvalue weighted by Gasteiger charge is -2.10. The van der Waals surface area contributed by atoms with Gasteiger partial charge in [-0.3, -0.25) is 4.79 Å². The Bertz CT molecular complexity index is 1080. The van der Waals surface area contributed by atoms with Crippen LogP contribution < -0.4 is 19.6 Å². The normalized spacial score (nSPS) is 10.7. The molecule has 0 bridgehead atoms. The smallest absolute Gasteiger partial charge is 0.271 e. The van der Waals surface area contributed by atoms with E-state index in [-0.39, 0.29) is 0 Å². The van der Waals surface area contributed by atoms with Crippen molar-refractivity contribution >= 4 is 35.3 Å². The summed E-state index contributed by atoms with van der Waals surface area (Å²) in [6.45, 7) is 0.303. The van der Waals surface area contributed by atoms with Crippen LogP contribution in [0.15, 0.2) is 65.8 Å². The topological polar surface area (TPSA) is 69.2 Å². The predicted molar refractivity (Wildman–Crippen MR) is 122 cm³/mol. The highest BCUT2D eigenvalue weighted by Gasteiger charge is 2.09. The highest BCUT2D eigenvalue weighted by Crippen LogP contribution is 2.24. The molecule has 0 unspecified atom stereocenters. The lowest BCUT2D eigenvalue weighted by molar-refractivity contribution is 0.0954. The van der Waals surface area contributed by atoms with Gasteiger partial charge in [-0.1, -0.05) is 41.4 Å². The van der Waals surface area contributed by atoms with E-state index in [1.807, 2.05) is 30.3 Å². The van der Waals surface area contributed by atoms with Gasteiger partial charge in [-0.25, -0.2) is 5.43 Å². The van der Waals surface area contributed by atoms with Crippen LogP contribution in [0.3, 0.4) is 0 Å². The van der Waals surface area contributed by atoms with E-state index in [2.05, 4.69) is 10.5 Å². The van der Waals surface area contributed by atoms with Crippen LogP contribution in [-0.2, 0) is 6.61 Å². The van der Waals surface area contributed by atoms with Crippen molar-refractivity contribution in [1.29, 1.82) is 0 Å². The maximum atomic E-state index is 12.4. The molecular formula is C23H20Cl2N2O4. The minimum atomic E-state index is -0.400. The molecule has 3 rings (SSSR count). The molecule has 1 amide bonds. The summed E-state index contributed by atoms with van der Waals surface area (Å²) < 4.78 is 16.2. The Morgan fingerprint density at radius 3 is 2.35 bits per heavy atom. The Morgan fingerprint density at radius 1 is 0.968 bits per heavy atom. The molecule has 0 aromatic heterocycles. The number of para-hydroxylation sites is 1. The molecule has 0 radical (unpaired) electrons.